The van der Waals surface area contributed by atoms with Gasteiger partial charge in [0.2, 0.25) is 0 Å². The van der Waals surface area contributed by atoms with Gasteiger partial charge in [0.15, 0.2) is 5.78 Å². The molecule has 1 aromatic carbocycles. The Morgan fingerprint density at radius 1 is 1.35 bits per heavy atom. The highest BCUT2D eigenvalue weighted by Gasteiger charge is 2.40. The molecule has 0 aliphatic carbocycles. The summed E-state index contributed by atoms with van der Waals surface area (Å²) in [6.07, 6.45) is 5.67. The number of pyridine rings is 1. The molecule has 0 radical (unpaired) electrons. The Kier molecular flexibility index (Phi) is 3.53. The Labute approximate surface area is 119 Å². The van der Waals surface area contributed by atoms with Crippen LogP contribution < -0.4 is 5.32 Å². The van der Waals surface area contributed by atoms with Gasteiger partial charge in [-0.05, 0) is 37.9 Å². The lowest BCUT2D eigenvalue weighted by Crippen LogP contribution is -2.47. The Morgan fingerprint density at radius 3 is 2.95 bits per heavy atom. The molecule has 0 bridgehead atoms. The first-order chi connectivity index (χ1) is 9.77. The van der Waals surface area contributed by atoms with E-state index in [1.165, 1.54) is 0 Å². The van der Waals surface area contributed by atoms with Gasteiger partial charge in [-0.2, -0.15) is 0 Å². The van der Waals surface area contributed by atoms with Crippen LogP contribution in [0.25, 0.3) is 10.9 Å². The number of nitrogens with zero attached hydrogens (tertiary/aromatic N) is 1. The third-order valence-corrected chi connectivity index (χ3v) is 4.23. The molecule has 3 heteroatoms. The molecule has 104 valence electrons. The minimum Gasteiger partial charge on any atom is -0.305 e. The summed E-state index contributed by atoms with van der Waals surface area (Å²) < 4.78 is 0. The molecule has 1 aliphatic heterocycles. The van der Waals surface area contributed by atoms with Crippen molar-refractivity contribution < 1.29 is 4.79 Å². The highest BCUT2D eigenvalue weighted by Crippen LogP contribution is 2.30. The first-order valence-corrected chi connectivity index (χ1v) is 7.40. The number of aromatic nitrogens is 1. The van der Waals surface area contributed by atoms with Crippen LogP contribution in [0.5, 0.6) is 0 Å². The van der Waals surface area contributed by atoms with E-state index in [0.29, 0.717) is 0 Å². The largest absolute Gasteiger partial charge is 0.305 e. The lowest BCUT2D eigenvalue weighted by atomic mass is 9.83. The van der Waals surface area contributed by atoms with Crippen LogP contribution in [0.3, 0.4) is 0 Å². The molecule has 1 atom stereocenters. The van der Waals surface area contributed by atoms with Gasteiger partial charge < -0.3 is 5.32 Å². The number of nitrogens with one attached hydrogen (secondary N) is 1. The highest BCUT2D eigenvalue weighted by molar-refractivity contribution is 6.11. The van der Waals surface area contributed by atoms with Crippen molar-refractivity contribution in [2.24, 2.45) is 0 Å². The van der Waals surface area contributed by atoms with Crippen molar-refractivity contribution in [3.63, 3.8) is 0 Å². The summed E-state index contributed by atoms with van der Waals surface area (Å²) in [7, 11) is 0. The molecule has 1 fully saturated rings. The maximum atomic E-state index is 13.1. The van der Waals surface area contributed by atoms with Gasteiger partial charge in [-0.25, -0.2) is 0 Å². The number of benzene rings is 1. The first kappa shape index (κ1) is 13.3. The van der Waals surface area contributed by atoms with Crippen molar-refractivity contribution in [3.05, 3.63) is 42.1 Å². The van der Waals surface area contributed by atoms with Gasteiger partial charge in [-0.15, -0.1) is 0 Å². The van der Waals surface area contributed by atoms with Crippen LogP contribution >= 0.6 is 0 Å². The number of rotatable bonds is 4. The standard InChI is InChI=1S/C17H20N2O/c1-2-9-17(10-5-12-19-17)16(20)14-8-3-6-13-7-4-11-18-15(13)14/h3-4,6-8,11,19H,2,5,9-10,12H2,1H3. The summed E-state index contributed by atoms with van der Waals surface area (Å²) in [5, 5.41) is 4.49. The van der Waals surface area contributed by atoms with Crippen LogP contribution in [-0.2, 0) is 0 Å². The summed E-state index contributed by atoms with van der Waals surface area (Å²) in [5.74, 6) is 0.209. The molecule has 1 aliphatic rings. The van der Waals surface area contributed by atoms with Gasteiger partial charge in [-0.3, -0.25) is 9.78 Å². The van der Waals surface area contributed by atoms with Gasteiger partial charge in [0.25, 0.3) is 0 Å². The van der Waals surface area contributed by atoms with E-state index in [0.717, 1.165) is 48.7 Å². The van der Waals surface area contributed by atoms with Crippen LogP contribution in [0, 0.1) is 0 Å². The van der Waals surface area contributed by atoms with Crippen molar-refractivity contribution >= 4 is 16.7 Å². The predicted octanol–water partition coefficient (Wildman–Crippen LogP) is 3.34. The summed E-state index contributed by atoms with van der Waals surface area (Å²) >= 11 is 0. The van der Waals surface area contributed by atoms with Crippen LogP contribution in [-0.4, -0.2) is 22.9 Å². The van der Waals surface area contributed by atoms with E-state index in [1.807, 2.05) is 30.3 Å². The van der Waals surface area contributed by atoms with E-state index in [1.54, 1.807) is 6.20 Å². The van der Waals surface area contributed by atoms with E-state index in [4.69, 9.17) is 0 Å². The molecule has 0 saturated carbocycles. The molecule has 20 heavy (non-hydrogen) atoms. The molecule has 2 aromatic rings. The van der Waals surface area contributed by atoms with Gasteiger partial charge in [-0.1, -0.05) is 31.5 Å². The van der Waals surface area contributed by atoms with Gasteiger partial charge in [0.05, 0.1) is 11.1 Å². The predicted molar refractivity (Wildman–Crippen MR) is 80.9 cm³/mol. The molecule has 1 saturated heterocycles. The second-order valence-electron chi connectivity index (χ2n) is 5.57. The Bertz CT molecular complexity index is 624. The minimum absolute atomic E-state index is 0.209. The van der Waals surface area contributed by atoms with Crippen LogP contribution in [0.1, 0.15) is 43.0 Å². The van der Waals surface area contributed by atoms with Gasteiger partial charge in [0.1, 0.15) is 0 Å². The third-order valence-electron chi connectivity index (χ3n) is 4.23. The van der Waals surface area contributed by atoms with Crippen molar-refractivity contribution in [1.82, 2.24) is 10.3 Å². The maximum absolute atomic E-state index is 13.1. The second kappa shape index (κ2) is 5.33. The fourth-order valence-electron chi connectivity index (χ4n) is 3.30. The van der Waals surface area contributed by atoms with Crippen LogP contribution in [0.15, 0.2) is 36.5 Å². The molecule has 2 heterocycles. The number of ketones is 1. The quantitative estimate of drug-likeness (QED) is 0.865. The fraction of sp³-hybridized carbons (Fsp3) is 0.412. The average molecular weight is 268 g/mol. The molecule has 3 rings (SSSR count). The number of para-hydroxylation sites is 1. The second-order valence-corrected chi connectivity index (χ2v) is 5.57. The molecule has 0 amide bonds. The van der Waals surface area contributed by atoms with E-state index < -0.39 is 0 Å². The van der Waals surface area contributed by atoms with E-state index in [9.17, 15) is 4.79 Å². The lowest BCUT2D eigenvalue weighted by Gasteiger charge is -2.28. The highest BCUT2D eigenvalue weighted by atomic mass is 16.1. The zero-order chi connectivity index (χ0) is 14.0. The van der Waals surface area contributed by atoms with Crippen molar-refractivity contribution in [3.8, 4) is 0 Å². The van der Waals surface area contributed by atoms with Crippen molar-refractivity contribution in [2.75, 3.05) is 6.54 Å². The summed E-state index contributed by atoms with van der Waals surface area (Å²) in [5.41, 5.74) is 1.20. The normalized spacial score (nSPS) is 22.2. The molecular formula is C17H20N2O. The Balaban J connectivity index is 2.08. The molecule has 0 spiro atoms. The Morgan fingerprint density at radius 2 is 2.20 bits per heavy atom. The number of hydrogen-bond acceptors (Lipinski definition) is 3. The number of fused-ring (bicyclic) bond motifs is 1. The SMILES string of the molecule is CCCC1(C(=O)c2cccc3cccnc23)CCCN1. The topological polar surface area (TPSA) is 42.0 Å². The molecule has 3 nitrogen and oxygen atoms in total. The molecule has 1 N–H and O–H groups in total. The Hall–Kier alpha value is -1.74. The van der Waals surface area contributed by atoms with Crippen LogP contribution in [0.4, 0.5) is 0 Å². The molecular weight excluding hydrogens is 248 g/mol. The van der Waals surface area contributed by atoms with Gasteiger partial charge >= 0.3 is 0 Å². The maximum Gasteiger partial charge on any atom is 0.185 e. The summed E-state index contributed by atoms with van der Waals surface area (Å²) in [6, 6.07) is 9.79. The molecule has 1 unspecified atom stereocenters. The third kappa shape index (κ3) is 2.12. The number of Topliss-reactive ketones (excluding diaryl/α,β-unsaturated/α-hetero) is 1. The van der Waals surface area contributed by atoms with Crippen LogP contribution in [0.2, 0.25) is 0 Å². The van der Waals surface area contributed by atoms with E-state index in [-0.39, 0.29) is 11.3 Å². The molecule has 1 aromatic heterocycles. The number of hydrogen-bond donors (Lipinski definition) is 1. The summed E-state index contributed by atoms with van der Waals surface area (Å²) in [6.45, 7) is 3.07. The lowest BCUT2D eigenvalue weighted by molar-refractivity contribution is 0.0859. The summed E-state index contributed by atoms with van der Waals surface area (Å²) in [4.78, 5) is 17.5. The number of carbonyl (C=O) groups is 1. The van der Waals surface area contributed by atoms with Crippen molar-refractivity contribution in [1.29, 1.82) is 0 Å². The van der Waals surface area contributed by atoms with E-state index >= 15 is 0 Å². The average Bonchev–Trinajstić information content (AvgIpc) is 2.96. The monoisotopic (exact) mass is 268 g/mol. The van der Waals surface area contributed by atoms with Gasteiger partial charge in [0, 0.05) is 17.1 Å². The zero-order valence-electron chi connectivity index (χ0n) is 11.9. The minimum atomic E-state index is -0.374. The van der Waals surface area contributed by atoms with E-state index in [2.05, 4.69) is 17.2 Å². The van der Waals surface area contributed by atoms with Crippen molar-refractivity contribution in [2.45, 2.75) is 38.1 Å². The fourth-order valence-corrected chi connectivity index (χ4v) is 3.30. The zero-order valence-corrected chi connectivity index (χ0v) is 11.9. The smallest absolute Gasteiger partial charge is 0.185 e. The first-order valence-electron chi connectivity index (χ1n) is 7.40. The number of carbonyl (C=O) groups excluding carboxylic acids is 1.